The Hall–Kier alpha value is -2.10. The van der Waals surface area contributed by atoms with Crippen molar-refractivity contribution in [2.75, 3.05) is 0 Å². The van der Waals surface area contributed by atoms with E-state index in [4.69, 9.17) is 9.31 Å². The number of benzene rings is 2. The van der Waals surface area contributed by atoms with Gasteiger partial charge in [0, 0.05) is 0 Å². The van der Waals surface area contributed by atoms with Crippen LogP contribution < -0.4 is 5.46 Å². The van der Waals surface area contributed by atoms with Crippen molar-refractivity contribution in [3.63, 3.8) is 0 Å². The molecule has 0 unspecified atom stereocenters. The summed E-state index contributed by atoms with van der Waals surface area (Å²) in [6, 6.07) is 18.6. The minimum absolute atomic E-state index is 0.339. The predicted octanol–water partition coefficient (Wildman–Crippen LogP) is 5.10. The van der Waals surface area contributed by atoms with Gasteiger partial charge in [0.25, 0.3) is 0 Å². The molecule has 3 heteroatoms. The Kier molecular flexibility index (Phi) is 4.96. The lowest BCUT2D eigenvalue weighted by atomic mass is 9.78. The second kappa shape index (κ2) is 6.90. The molecular formula is C23H27BO2. The zero-order chi connectivity index (χ0) is 18.9. The first kappa shape index (κ1) is 18.7. The number of rotatable bonds is 4. The second-order valence-corrected chi connectivity index (χ2v) is 7.93. The molecule has 0 aromatic heterocycles. The molecule has 26 heavy (non-hydrogen) atoms. The first-order valence-electron chi connectivity index (χ1n) is 9.08. The van der Waals surface area contributed by atoms with E-state index in [9.17, 15) is 0 Å². The average Bonchev–Trinajstić information content (AvgIpc) is 2.83. The van der Waals surface area contributed by atoms with E-state index in [0.29, 0.717) is 0 Å². The molecule has 2 aromatic carbocycles. The summed E-state index contributed by atoms with van der Waals surface area (Å²) in [6.07, 6.45) is 2.12. The third-order valence-corrected chi connectivity index (χ3v) is 5.40. The van der Waals surface area contributed by atoms with Gasteiger partial charge in [-0.05, 0) is 62.4 Å². The Morgan fingerprint density at radius 1 is 0.885 bits per heavy atom. The molecule has 3 rings (SSSR count). The highest BCUT2D eigenvalue weighted by Gasteiger charge is 2.51. The molecule has 1 fully saturated rings. The summed E-state index contributed by atoms with van der Waals surface area (Å²) in [5, 5.41) is 0. The molecule has 1 saturated heterocycles. The zero-order valence-electron chi connectivity index (χ0n) is 16.4. The Bertz CT molecular complexity index is 818. The SMILES string of the molecule is C=C(/C=C(\C)c1ccccc1)c1cccc(B2OC(C)(C)C(C)(C)O2)c1. The highest BCUT2D eigenvalue weighted by molar-refractivity contribution is 6.62. The summed E-state index contributed by atoms with van der Waals surface area (Å²) in [5.41, 5.74) is 4.79. The van der Waals surface area contributed by atoms with Crippen LogP contribution in [0.4, 0.5) is 0 Å². The second-order valence-electron chi connectivity index (χ2n) is 7.93. The third-order valence-electron chi connectivity index (χ3n) is 5.40. The van der Waals surface area contributed by atoms with Gasteiger partial charge in [-0.15, -0.1) is 0 Å². The summed E-state index contributed by atoms with van der Waals surface area (Å²) in [5.74, 6) is 0. The molecule has 0 bridgehead atoms. The lowest BCUT2D eigenvalue weighted by Gasteiger charge is -2.32. The Labute approximate surface area is 157 Å². The largest absolute Gasteiger partial charge is 0.494 e. The van der Waals surface area contributed by atoms with Gasteiger partial charge in [0.1, 0.15) is 0 Å². The third kappa shape index (κ3) is 3.69. The lowest BCUT2D eigenvalue weighted by molar-refractivity contribution is 0.00578. The van der Waals surface area contributed by atoms with Gasteiger partial charge in [0.15, 0.2) is 0 Å². The van der Waals surface area contributed by atoms with E-state index < -0.39 is 0 Å². The van der Waals surface area contributed by atoms with Crippen molar-refractivity contribution in [1.29, 1.82) is 0 Å². The van der Waals surface area contributed by atoms with Gasteiger partial charge in [-0.25, -0.2) is 0 Å². The molecule has 2 nitrogen and oxygen atoms in total. The number of allylic oxidation sites excluding steroid dienone is 3. The molecule has 1 aliphatic heterocycles. The molecule has 0 radical (unpaired) electrons. The van der Waals surface area contributed by atoms with Gasteiger partial charge >= 0.3 is 7.12 Å². The average molecular weight is 346 g/mol. The van der Waals surface area contributed by atoms with Crippen molar-refractivity contribution in [2.24, 2.45) is 0 Å². The van der Waals surface area contributed by atoms with Crippen molar-refractivity contribution in [3.05, 3.63) is 78.4 Å². The van der Waals surface area contributed by atoms with Crippen LogP contribution in [0.15, 0.2) is 67.3 Å². The Morgan fingerprint density at radius 3 is 2.08 bits per heavy atom. The van der Waals surface area contributed by atoms with E-state index in [2.05, 4.69) is 71.5 Å². The molecule has 0 aliphatic carbocycles. The quantitative estimate of drug-likeness (QED) is 0.566. The maximum atomic E-state index is 6.17. The van der Waals surface area contributed by atoms with Gasteiger partial charge in [-0.1, -0.05) is 67.3 Å². The van der Waals surface area contributed by atoms with Crippen LogP contribution in [0.5, 0.6) is 0 Å². The topological polar surface area (TPSA) is 18.5 Å². The molecule has 0 amide bonds. The highest BCUT2D eigenvalue weighted by Crippen LogP contribution is 2.36. The molecule has 2 aromatic rings. The van der Waals surface area contributed by atoms with Gasteiger partial charge in [0.05, 0.1) is 11.2 Å². The molecule has 1 aliphatic rings. The molecule has 0 spiro atoms. The van der Waals surface area contributed by atoms with Crippen molar-refractivity contribution in [2.45, 2.75) is 45.8 Å². The van der Waals surface area contributed by atoms with Gasteiger partial charge < -0.3 is 9.31 Å². The van der Waals surface area contributed by atoms with E-state index in [1.807, 2.05) is 30.3 Å². The Morgan fingerprint density at radius 2 is 1.46 bits per heavy atom. The summed E-state index contributed by atoms with van der Waals surface area (Å²) in [4.78, 5) is 0. The first-order chi connectivity index (χ1) is 12.2. The zero-order valence-corrected chi connectivity index (χ0v) is 16.4. The molecular weight excluding hydrogens is 319 g/mol. The van der Waals surface area contributed by atoms with Crippen molar-refractivity contribution in [3.8, 4) is 0 Å². The first-order valence-corrected chi connectivity index (χ1v) is 9.08. The number of hydrogen-bond acceptors (Lipinski definition) is 2. The van der Waals surface area contributed by atoms with E-state index in [-0.39, 0.29) is 18.3 Å². The van der Waals surface area contributed by atoms with Crippen LogP contribution in [0.25, 0.3) is 11.1 Å². The molecule has 0 N–H and O–H groups in total. The maximum absolute atomic E-state index is 6.17. The maximum Gasteiger partial charge on any atom is 0.494 e. The van der Waals surface area contributed by atoms with Crippen LogP contribution in [0.1, 0.15) is 45.7 Å². The summed E-state index contributed by atoms with van der Waals surface area (Å²) in [6.45, 7) is 14.7. The van der Waals surface area contributed by atoms with Crippen molar-refractivity contribution in [1.82, 2.24) is 0 Å². The minimum atomic E-state index is -0.355. The molecule has 0 saturated carbocycles. The fraction of sp³-hybridized carbons (Fsp3) is 0.304. The van der Waals surface area contributed by atoms with Crippen LogP contribution in [0.2, 0.25) is 0 Å². The van der Waals surface area contributed by atoms with Gasteiger partial charge in [-0.3, -0.25) is 0 Å². The predicted molar refractivity (Wildman–Crippen MR) is 111 cm³/mol. The van der Waals surface area contributed by atoms with E-state index in [0.717, 1.165) is 16.6 Å². The summed E-state index contributed by atoms with van der Waals surface area (Å²) < 4.78 is 12.3. The molecule has 0 atom stereocenters. The van der Waals surface area contributed by atoms with Crippen molar-refractivity contribution < 1.29 is 9.31 Å². The number of hydrogen-bond donors (Lipinski definition) is 0. The van der Waals surface area contributed by atoms with E-state index in [1.54, 1.807) is 0 Å². The fourth-order valence-corrected chi connectivity index (χ4v) is 2.99. The van der Waals surface area contributed by atoms with Gasteiger partial charge in [-0.2, -0.15) is 0 Å². The monoisotopic (exact) mass is 346 g/mol. The molecule has 1 heterocycles. The minimum Gasteiger partial charge on any atom is -0.399 e. The van der Waals surface area contributed by atoms with Crippen LogP contribution >= 0.6 is 0 Å². The van der Waals surface area contributed by atoms with E-state index >= 15 is 0 Å². The Balaban J connectivity index is 1.83. The summed E-state index contributed by atoms with van der Waals surface area (Å²) >= 11 is 0. The normalized spacial score (nSPS) is 18.8. The smallest absolute Gasteiger partial charge is 0.399 e. The fourth-order valence-electron chi connectivity index (χ4n) is 2.99. The van der Waals surface area contributed by atoms with Crippen molar-refractivity contribution >= 4 is 23.7 Å². The van der Waals surface area contributed by atoms with Crippen LogP contribution in [-0.4, -0.2) is 18.3 Å². The van der Waals surface area contributed by atoms with Crippen LogP contribution in [0, 0.1) is 0 Å². The van der Waals surface area contributed by atoms with Crippen LogP contribution in [-0.2, 0) is 9.31 Å². The van der Waals surface area contributed by atoms with Gasteiger partial charge in [0.2, 0.25) is 0 Å². The standard InChI is InChI=1S/C23H27BO2/c1-17(19-11-8-7-9-12-19)15-18(2)20-13-10-14-21(16-20)24-25-22(3,4)23(5,6)26-24/h7-16H,2H2,1,3-6H3/b17-15+. The van der Waals surface area contributed by atoms with Crippen LogP contribution in [0.3, 0.4) is 0 Å². The molecule has 134 valence electrons. The summed E-state index contributed by atoms with van der Waals surface area (Å²) in [7, 11) is -0.355. The van der Waals surface area contributed by atoms with E-state index in [1.165, 1.54) is 11.1 Å². The highest BCUT2D eigenvalue weighted by atomic mass is 16.7. The lowest BCUT2D eigenvalue weighted by Crippen LogP contribution is -2.41.